The van der Waals surface area contributed by atoms with Gasteiger partial charge in [0.15, 0.2) is 0 Å². The van der Waals surface area contributed by atoms with E-state index in [-0.39, 0.29) is 12.6 Å². The third-order valence-corrected chi connectivity index (χ3v) is 4.43. The summed E-state index contributed by atoms with van der Waals surface area (Å²) < 4.78 is 0. The number of rotatable bonds is 5. The highest BCUT2D eigenvalue weighted by Gasteiger charge is 2.40. The smallest absolute Gasteiger partial charge is 0.317 e. The van der Waals surface area contributed by atoms with Gasteiger partial charge in [-0.05, 0) is 32.6 Å². The van der Waals surface area contributed by atoms with Crippen LogP contribution in [0.3, 0.4) is 0 Å². The first-order valence-corrected chi connectivity index (χ1v) is 7.37. The van der Waals surface area contributed by atoms with Gasteiger partial charge in [0.2, 0.25) is 0 Å². The van der Waals surface area contributed by atoms with Gasteiger partial charge in [0.05, 0.1) is 5.41 Å². The molecule has 108 valence electrons. The molecule has 0 aromatic rings. The minimum atomic E-state index is -0.762. The number of aliphatic carboxylic acids is 1. The maximum absolute atomic E-state index is 12.1. The van der Waals surface area contributed by atoms with Gasteiger partial charge in [-0.1, -0.05) is 19.3 Å². The quantitative estimate of drug-likeness (QED) is 0.803. The first kappa shape index (κ1) is 14.2. The standard InChI is InChI=1S/C14H24N2O3/c1-2-16(11-6-7-11)13(19)15-10-14(12(17)18)8-4-3-5-9-14/h11H,2-10H2,1H3,(H,15,19)(H,17,18). The van der Waals surface area contributed by atoms with E-state index < -0.39 is 11.4 Å². The largest absolute Gasteiger partial charge is 0.481 e. The van der Waals surface area contributed by atoms with E-state index in [0.717, 1.165) is 32.1 Å². The van der Waals surface area contributed by atoms with Crippen LogP contribution in [0, 0.1) is 5.41 Å². The van der Waals surface area contributed by atoms with Crippen molar-refractivity contribution in [2.45, 2.75) is 57.9 Å². The highest BCUT2D eigenvalue weighted by Crippen LogP contribution is 2.36. The molecule has 0 saturated heterocycles. The number of carbonyl (C=O) groups is 2. The number of carboxylic acid groups (broad SMARTS) is 1. The van der Waals surface area contributed by atoms with Gasteiger partial charge < -0.3 is 15.3 Å². The average Bonchev–Trinajstić information content (AvgIpc) is 3.23. The van der Waals surface area contributed by atoms with Crippen LogP contribution in [-0.2, 0) is 4.79 Å². The molecule has 5 nitrogen and oxygen atoms in total. The second-order valence-electron chi connectivity index (χ2n) is 5.82. The molecule has 0 heterocycles. The summed E-state index contributed by atoms with van der Waals surface area (Å²) >= 11 is 0. The summed E-state index contributed by atoms with van der Waals surface area (Å²) in [6.07, 6.45) is 6.50. The lowest BCUT2D eigenvalue weighted by molar-refractivity contribution is -0.150. The van der Waals surface area contributed by atoms with Gasteiger partial charge in [-0.15, -0.1) is 0 Å². The van der Waals surface area contributed by atoms with Crippen molar-refractivity contribution in [2.75, 3.05) is 13.1 Å². The Labute approximate surface area is 114 Å². The molecule has 2 rings (SSSR count). The fraction of sp³-hybridized carbons (Fsp3) is 0.857. The Kier molecular flexibility index (Phi) is 4.32. The number of hydrogen-bond acceptors (Lipinski definition) is 2. The molecule has 19 heavy (non-hydrogen) atoms. The van der Waals surface area contributed by atoms with Crippen LogP contribution >= 0.6 is 0 Å². The summed E-state index contributed by atoms with van der Waals surface area (Å²) in [6, 6.07) is 0.272. The lowest BCUT2D eigenvalue weighted by Gasteiger charge is -2.34. The topological polar surface area (TPSA) is 69.6 Å². The Morgan fingerprint density at radius 1 is 1.26 bits per heavy atom. The summed E-state index contributed by atoms with van der Waals surface area (Å²) in [5.41, 5.74) is -0.739. The van der Waals surface area contributed by atoms with Gasteiger partial charge in [0.1, 0.15) is 0 Å². The van der Waals surface area contributed by atoms with E-state index in [4.69, 9.17) is 0 Å². The van der Waals surface area contributed by atoms with Gasteiger partial charge in [0.25, 0.3) is 0 Å². The zero-order valence-electron chi connectivity index (χ0n) is 11.7. The zero-order chi connectivity index (χ0) is 13.9. The Morgan fingerprint density at radius 3 is 2.37 bits per heavy atom. The van der Waals surface area contributed by atoms with E-state index in [1.54, 1.807) is 0 Å². The Morgan fingerprint density at radius 2 is 1.89 bits per heavy atom. The SMILES string of the molecule is CCN(C(=O)NCC1(C(=O)O)CCCCC1)C1CC1. The molecule has 0 aromatic carbocycles. The van der Waals surface area contributed by atoms with E-state index in [2.05, 4.69) is 5.32 Å². The average molecular weight is 268 g/mol. The fourth-order valence-corrected chi connectivity index (χ4v) is 2.99. The summed E-state index contributed by atoms with van der Waals surface area (Å²) in [5.74, 6) is -0.762. The molecule has 0 aromatic heterocycles. The van der Waals surface area contributed by atoms with Crippen LogP contribution in [0.5, 0.6) is 0 Å². The van der Waals surface area contributed by atoms with Crippen molar-refractivity contribution in [1.82, 2.24) is 10.2 Å². The highest BCUT2D eigenvalue weighted by molar-refractivity contribution is 5.78. The van der Waals surface area contributed by atoms with Crippen molar-refractivity contribution in [3.63, 3.8) is 0 Å². The first-order valence-electron chi connectivity index (χ1n) is 7.37. The van der Waals surface area contributed by atoms with E-state index in [1.165, 1.54) is 0 Å². The molecule has 2 aliphatic rings. The van der Waals surface area contributed by atoms with Crippen molar-refractivity contribution in [3.05, 3.63) is 0 Å². The van der Waals surface area contributed by atoms with Crippen molar-refractivity contribution in [1.29, 1.82) is 0 Å². The van der Waals surface area contributed by atoms with Crippen LogP contribution in [0.1, 0.15) is 51.9 Å². The lowest BCUT2D eigenvalue weighted by Crippen LogP contribution is -2.49. The maximum atomic E-state index is 12.1. The number of urea groups is 1. The van der Waals surface area contributed by atoms with E-state index in [1.807, 2.05) is 11.8 Å². The fourth-order valence-electron chi connectivity index (χ4n) is 2.99. The molecular formula is C14H24N2O3. The highest BCUT2D eigenvalue weighted by atomic mass is 16.4. The van der Waals surface area contributed by atoms with Crippen LogP contribution < -0.4 is 5.32 Å². The summed E-state index contributed by atoms with van der Waals surface area (Å²) in [7, 11) is 0. The van der Waals surface area contributed by atoms with E-state index in [9.17, 15) is 14.7 Å². The van der Waals surface area contributed by atoms with E-state index >= 15 is 0 Å². The Bertz CT molecular complexity index is 347. The lowest BCUT2D eigenvalue weighted by atomic mass is 9.74. The Hall–Kier alpha value is -1.26. The second kappa shape index (κ2) is 5.80. The molecule has 0 radical (unpaired) electrons. The molecule has 2 aliphatic carbocycles. The molecule has 2 fully saturated rings. The molecule has 0 unspecified atom stereocenters. The normalized spacial score (nSPS) is 21.7. The molecule has 2 N–H and O–H groups in total. The van der Waals surface area contributed by atoms with Crippen LogP contribution in [0.2, 0.25) is 0 Å². The van der Waals surface area contributed by atoms with Crippen molar-refractivity contribution in [3.8, 4) is 0 Å². The molecule has 2 amide bonds. The second-order valence-corrected chi connectivity index (χ2v) is 5.82. The summed E-state index contributed by atoms with van der Waals surface area (Å²) in [5, 5.41) is 12.3. The summed E-state index contributed by atoms with van der Waals surface area (Å²) in [4.78, 5) is 25.4. The number of carbonyl (C=O) groups excluding carboxylic acids is 1. The number of nitrogens with one attached hydrogen (secondary N) is 1. The maximum Gasteiger partial charge on any atom is 0.317 e. The van der Waals surface area contributed by atoms with Crippen molar-refractivity contribution < 1.29 is 14.7 Å². The van der Waals surface area contributed by atoms with Gasteiger partial charge >= 0.3 is 12.0 Å². The minimum Gasteiger partial charge on any atom is -0.481 e. The van der Waals surface area contributed by atoms with Crippen molar-refractivity contribution >= 4 is 12.0 Å². The number of amides is 2. The third kappa shape index (κ3) is 3.19. The van der Waals surface area contributed by atoms with Gasteiger partial charge in [-0.3, -0.25) is 4.79 Å². The third-order valence-electron chi connectivity index (χ3n) is 4.43. The van der Waals surface area contributed by atoms with Crippen molar-refractivity contribution in [2.24, 2.45) is 5.41 Å². The van der Waals surface area contributed by atoms with Crippen LogP contribution in [0.4, 0.5) is 4.79 Å². The van der Waals surface area contributed by atoms with Gasteiger partial charge in [0, 0.05) is 19.1 Å². The summed E-state index contributed by atoms with van der Waals surface area (Å²) in [6.45, 7) is 2.92. The molecule has 0 atom stereocenters. The number of carboxylic acids is 1. The van der Waals surface area contributed by atoms with Gasteiger partial charge in [-0.25, -0.2) is 4.79 Å². The zero-order valence-corrected chi connectivity index (χ0v) is 11.7. The molecule has 2 saturated carbocycles. The molecule has 0 aliphatic heterocycles. The molecular weight excluding hydrogens is 244 g/mol. The minimum absolute atomic E-state index is 0.101. The van der Waals surface area contributed by atoms with Gasteiger partial charge in [-0.2, -0.15) is 0 Å². The molecule has 5 heteroatoms. The van der Waals surface area contributed by atoms with Crippen LogP contribution in [0.15, 0.2) is 0 Å². The number of hydrogen-bond donors (Lipinski definition) is 2. The Balaban J connectivity index is 1.91. The van der Waals surface area contributed by atoms with E-state index in [0.29, 0.717) is 25.4 Å². The van der Waals surface area contributed by atoms with Crippen LogP contribution in [0.25, 0.3) is 0 Å². The molecule has 0 bridgehead atoms. The first-order chi connectivity index (χ1) is 9.09. The van der Waals surface area contributed by atoms with Crippen LogP contribution in [-0.4, -0.2) is 41.1 Å². The predicted molar refractivity (Wildman–Crippen MR) is 72.0 cm³/mol. The monoisotopic (exact) mass is 268 g/mol. The predicted octanol–water partition coefficient (Wildman–Crippen LogP) is 2.22. The number of nitrogens with zero attached hydrogens (tertiary/aromatic N) is 1. The molecule has 0 spiro atoms.